The number of ether oxygens (including phenoxy) is 2. The number of amides is 1. The van der Waals surface area contributed by atoms with Gasteiger partial charge < -0.3 is 9.47 Å². The number of hydrogen-bond donors (Lipinski definition) is 1. The van der Waals surface area contributed by atoms with Crippen LogP contribution in [0.1, 0.15) is 16.7 Å². The second-order valence-electron chi connectivity index (χ2n) is 7.51. The molecule has 0 aliphatic heterocycles. The van der Waals surface area contributed by atoms with E-state index in [0.29, 0.717) is 22.7 Å². The Morgan fingerprint density at radius 2 is 1.71 bits per heavy atom. The molecule has 9 heteroatoms. The molecule has 0 aliphatic rings. The number of para-hydroxylation sites is 1. The summed E-state index contributed by atoms with van der Waals surface area (Å²) in [4.78, 5) is 12.8. The number of hydrazone groups is 1. The number of nitrogens with one attached hydrogen (secondary N) is 1. The van der Waals surface area contributed by atoms with Crippen molar-refractivity contribution in [3.05, 3.63) is 83.4 Å². The Bertz CT molecular complexity index is 1290. The van der Waals surface area contributed by atoms with Crippen molar-refractivity contribution < 1.29 is 22.7 Å². The first-order chi connectivity index (χ1) is 16.3. The summed E-state index contributed by atoms with van der Waals surface area (Å²) in [5.74, 6) is 0.544. The molecule has 3 aromatic rings. The van der Waals surface area contributed by atoms with E-state index in [2.05, 4.69) is 10.5 Å². The minimum Gasteiger partial charge on any atom is -0.497 e. The highest BCUT2D eigenvalue weighted by Crippen LogP contribution is 2.27. The number of nitrogens with zero attached hydrogens (tertiary/aromatic N) is 2. The van der Waals surface area contributed by atoms with Gasteiger partial charge in [-0.2, -0.15) is 5.10 Å². The lowest BCUT2D eigenvalue weighted by Crippen LogP contribution is -2.40. The molecule has 0 atom stereocenters. The van der Waals surface area contributed by atoms with Gasteiger partial charge in [0.2, 0.25) is 0 Å². The van der Waals surface area contributed by atoms with Gasteiger partial charge in [-0.15, -0.1) is 0 Å². The van der Waals surface area contributed by atoms with E-state index in [1.165, 1.54) is 25.5 Å². The molecule has 1 amide bonds. The number of sulfonamides is 1. The molecule has 0 heterocycles. The maximum atomic E-state index is 13.5. The Labute approximate surface area is 199 Å². The predicted molar refractivity (Wildman–Crippen MR) is 132 cm³/mol. The first kappa shape index (κ1) is 24.8. The molecule has 0 saturated carbocycles. The predicted octanol–water partition coefficient (Wildman–Crippen LogP) is 3.67. The van der Waals surface area contributed by atoms with Gasteiger partial charge in [-0.25, -0.2) is 13.8 Å². The first-order valence-corrected chi connectivity index (χ1v) is 11.9. The number of anilines is 1. The molecule has 0 aliphatic carbocycles. The van der Waals surface area contributed by atoms with Gasteiger partial charge in [-0.1, -0.05) is 35.9 Å². The van der Waals surface area contributed by atoms with Crippen LogP contribution in [0.25, 0.3) is 0 Å². The molecule has 0 spiro atoms. The molecule has 34 heavy (non-hydrogen) atoms. The van der Waals surface area contributed by atoms with Crippen molar-refractivity contribution in [3.63, 3.8) is 0 Å². The molecule has 8 nitrogen and oxygen atoms in total. The highest BCUT2D eigenvalue weighted by atomic mass is 32.2. The molecule has 0 aromatic heterocycles. The van der Waals surface area contributed by atoms with Crippen molar-refractivity contribution in [2.75, 3.05) is 25.1 Å². The van der Waals surface area contributed by atoms with Gasteiger partial charge in [0.05, 0.1) is 31.0 Å². The fraction of sp³-hybridized carbons (Fsp3) is 0.200. The third-order valence-corrected chi connectivity index (χ3v) is 6.88. The normalized spacial score (nSPS) is 11.3. The minimum absolute atomic E-state index is 0.0961. The molecule has 0 saturated heterocycles. The zero-order valence-electron chi connectivity index (χ0n) is 19.5. The number of methoxy groups -OCH3 is 2. The van der Waals surface area contributed by atoms with E-state index < -0.39 is 22.5 Å². The molecule has 0 bridgehead atoms. The SMILES string of the molecule is COc1ccc(OC)c(/C=N\NC(=O)CN(c2ccccc2C)S(=O)(=O)c2ccc(C)cc2)c1. The monoisotopic (exact) mass is 481 g/mol. The summed E-state index contributed by atoms with van der Waals surface area (Å²) in [6.45, 7) is 3.21. The fourth-order valence-electron chi connectivity index (χ4n) is 3.26. The maximum Gasteiger partial charge on any atom is 0.264 e. The summed E-state index contributed by atoms with van der Waals surface area (Å²) in [6.07, 6.45) is 1.41. The van der Waals surface area contributed by atoms with Crippen LogP contribution in [-0.4, -0.2) is 41.3 Å². The number of benzene rings is 3. The van der Waals surface area contributed by atoms with Crippen LogP contribution in [0.3, 0.4) is 0 Å². The Morgan fingerprint density at radius 1 is 1.00 bits per heavy atom. The standard InChI is InChI=1S/C25H27N3O5S/c1-18-9-12-22(13-10-18)34(30,31)28(23-8-6-5-7-19(23)2)17-25(29)27-26-16-20-15-21(32-3)11-14-24(20)33-4/h5-16H,17H2,1-4H3,(H,27,29)/b26-16-. The van der Waals surface area contributed by atoms with Crippen LogP contribution in [0.15, 0.2) is 76.7 Å². The van der Waals surface area contributed by atoms with Gasteiger partial charge in [-0.05, 0) is 55.8 Å². The van der Waals surface area contributed by atoms with Gasteiger partial charge in [0.15, 0.2) is 0 Å². The topological polar surface area (TPSA) is 97.3 Å². The van der Waals surface area contributed by atoms with Crippen LogP contribution in [0.4, 0.5) is 5.69 Å². The Balaban J connectivity index is 1.86. The minimum atomic E-state index is -4.00. The maximum absolute atomic E-state index is 13.5. The average molecular weight is 482 g/mol. The molecule has 1 N–H and O–H groups in total. The quantitative estimate of drug-likeness (QED) is 0.372. The molecule has 3 aromatic carbocycles. The third kappa shape index (κ3) is 5.74. The van der Waals surface area contributed by atoms with Gasteiger partial charge in [0.25, 0.3) is 15.9 Å². The zero-order chi connectivity index (χ0) is 24.7. The number of aryl methyl sites for hydroxylation is 2. The third-order valence-electron chi connectivity index (χ3n) is 5.11. The molecular weight excluding hydrogens is 454 g/mol. The van der Waals surface area contributed by atoms with Crippen LogP contribution in [0.5, 0.6) is 11.5 Å². The van der Waals surface area contributed by atoms with Crippen molar-refractivity contribution in [1.29, 1.82) is 0 Å². The second kappa shape index (κ2) is 10.8. The zero-order valence-corrected chi connectivity index (χ0v) is 20.3. The molecular formula is C25H27N3O5S. The molecule has 3 rings (SSSR count). The number of rotatable bonds is 9. The number of carbonyl (C=O) groups excluding carboxylic acids is 1. The summed E-state index contributed by atoms with van der Waals surface area (Å²) in [5, 5.41) is 3.98. The van der Waals surface area contributed by atoms with Gasteiger partial charge >= 0.3 is 0 Å². The summed E-state index contributed by atoms with van der Waals surface area (Å²) in [7, 11) is -0.939. The van der Waals surface area contributed by atoms with Crippen molar-refractivity contribution in [3.8, 4) is 11.5 Å². The van der Waals surface area contributed by atoms with E-state index in [-0.39, 0.29) is 4.90 Å². The van der Waals surface area contributed by atoms with Crippen molar-refractivity contribution >= 4 is 27.8 Å². The molecule has 0 radical (unpaired) electrons. The second-order valence-corrected chi connectivity index (χ2v) is 9.37. The van der Waals surface area contributed by atoms with E-state index in [1.807, 2.05) is 6.92 Å². The van der Waals surface area contributed by atoms with E-state index >= 15 is 0 Å². The van der Waals surface area contributed by atoms with Gasteiger partial charge in [0.1, 0.15) is 18.0 Å². The lowest BCUT2D eigenvalue weighted by molar-refractivity contribution is -0.119. The highest BCUT2D eigenvalue weighted by molar-refractivity contribution is 7.92. The van der Waals surface area contributed by atoms with Crippen LogP contribution >= 0.6 is 0 Å². The fourth-order valence-corrected chi connectivity index (χ4v) is 4.75. The largest absolute Gasteiger partial charge is 0.497 e. The van der Waals surface area contributed by atoms with E-state index in [1.54, 1.807) is 68.6 Å². The molecule has 178 valence electrons. The van der Waals surface area contributed by atoms with Crippen LogP contribution in [-0.2, 0) is 14.8 Å². The van der Waals surface area contributed by atoms with Gasteiger partial charge in [0, 0.05) is 5.56 Å². The lowest BCUT2D eigenvalue weighted by Gasteiger charge is -2.25. The summed E-state index contributed by atoms with van der Waals surface area (Å²) < 4.78 is 38.5. The molecule has 0 fully saturated rings. The average Bonchev–Trinajstić information content (AvgIpc) is 2.83. The summed E-state index contributed by atoms with van der Waals surface area (Å²) >= 11 is 0. The van der Waals surface area contributed by atoms with Crippen molar-refractivity contribution in [2.45, 2.75) is 18.7 Å². The van der Waals surface area contributed by atoms with Crippen LogP contribution in [0.2, 0.25) is 0 Å². The smallest absolute Gasteiger partial charge is 0.264 e. The van der Waals surface area contributed by atoms with E-state index in [9.17, 15) is 13.2 Å². The van der Waals surface area contributed by atoms with E-state index in [4.69, 9.17) is 9.47 Å². The molecule has 0 unspecified atom stereocenters. The Kier molecular flexibility index (Phi) is 7.91. The van der Waals surface area contributed by atoms with Crippen molar-refractivity contribution in [1.82, 2.24) is 5.43 Å². The number of hydrogen-bond acceptors (Lipinski definition) is 6. The van der Waals surface area contributed by atoms with Crippen LogP contribution in [0, 0.1) is 13.8 Å². The lowest BCUT2D eigenvalue weighted by atomic mass is 10.2. The summed E-state index contributed by atoms with van der Waals surface area (Å²) in [6, 6.07) is 18.6. The number of carbonyl (C=O) groups is 1. The first-order valence-electron chi connectivity index (χ1n) is 10.4. The van der Waals surface area contributed by atoms with E-state index in [0.717, 1.165) is 15.4 Å². The Hall–Kier alpha value is -3.85. The van der Waals surface area contributed by atoms with Crippen LogP contribution < -0.4 is 19.2 Å². The highest BCUT2D eigenvalue weighted by Gasteiger charge is 2.28. The van der Waals surface area contributed by atoms with Crippen molar-refractivity contribution in [2.24, 2.45) is 5.10 Å². The van der Waals surface area contributed by atoms with Gasteiger partial charge in [-0.3, -0.25) is 9.10 Å². The summed E-state index contributed by atoms with van der Waals surface area (Å²) in [5.41, 5.74) is 5.05. The Morgan fingerprint density at radius 3 is 2.35 bits per heavy atom.